The smallest absolute Gasteiger partial charge is 0.0594 e. The van der Waals surface area contributed by atoms with Gasteiger partial charge in [-0.15, -0.1) is 0 Å². The summed E-state index contributed by atoms with van der Waals surface area (Å²) < 4.78 is 0. The lowest BCUT2D eigenvalue weighted by Crippen LogP contribution is -2.13. The van der Waals surface area contributed by atoms with Crippen LogP contribution in [-0.4, -0.2) is 74.4 Å². The third kappa shape index (κ3) is 33.8. The first-order valence-corrected chi connectivity index (χ1v) is 31.6. The van der Waals surface area contributed by atoms with Gasteiger partial charge in [-0.25, -0.2) is 0 Å². The Morgan fingerprint density at radius 3 is 0.720 bits per heavy atom. The van der Waals surface area contributed by atoms with Crippen LogP contribution >= 0.6 is 21.8 Å². The second-order valence-electron chi connectivity index (χ2n) is 16.7. The first-order chi connectivity index (χ1) is 24.2. The summed E-state index contributed by atoms with van der Waals surface area (Å²) >= 11 is 0. The Balaban J connectivity index is -0.000000682. The highest BCUT2D eigenvalue weighted by Crippen LogP contribution is 2.61. The highest BCUT2D eigenvalue weighted by molar-refractivity contribution is 7.76. The van der Waals surface area contributed by atoms with Crippen molar-refractivity contribution in [2.75, 3.05) is 74.4 Å². The molecule has 306 valence electrons. The van der Waals surface area contributed by atoms with Crippen LogP contribution in [0, 0.1) is 0 Å². The molecular weight excluding hydrogens is 657 g/mol. The molecule has 0 fully saturated rings. The molecule has 0 unspecified atom stereocenters. The molecule has 0 aliphatic rings. The van der Waals surface area contributed by atoms with E-state index in [1.807, 2.05) is 0 Å². The molecule has 0 aromatic rings. The predicted octanol–water partition coefficient (Wildman–Crippen LogP) is 18.2. The van der Waals surface area contributed by atoms with Crippen LogP contribution in [0.15, 0.2) is 0 Å². The van der Waals surface area contributed by atoms with Gasteiger partial charge >= 0.3 is 0 Å². The van der Waals surface area contributed by atoms with Crippen molar-refractivity contribution in [2.45, 2.75) is 230 Å². The average Bonchev–Trinajstić information content (AvgIpc) is 3.14. The van der Waals surface area contributed by atoms with E-state index in [0.29, 0.717) is 0 Å². The van der Waals surface area contributed by atoms with Gasteiger partial charge in [0.2, 0.25) is 0 Å². The van der Waals surface area contributed by atoms with Gasteiger partial charge in [0.25, 0.3) is 0 Å². The van der Waals surface area contributed by atoms with Crippen LogP contribution in [0.25, 0.3) is 0 Å². The van der Waals surface area contributed by atoms with Gasteiger partial charge < -0.3 is 0 Å². The van der Waals surface area contributed by atoms with E-state index < -0.39 is 21.8 Å². The lowest BCUT2D eigenvalue weighted by Gasteiger charge is -2.28. The SMILES string of the molecule is CCCCCCCC[P+](CC)(CC)CC.CCCCCCCC[P+](CCCC)(CCCC)CCCC.CCCC[P+](C)(CCCC)CCCC. The number of hydrogen-bond donors (Lipinski definition) is 0. The molecule has 0 aromatic heterocycles. The summed E-state index contributed by atoms with van der Waals surface area (Å²) in [4.78, 5) is 0. The molecule has 0 nitrogen and oxygen atoms in total. The monoisotopic (exact) mass is 764 g/mol. The standard InChI is InChI=1S/C20H44P.C14H32P.C13H30P/c1-5-9-13-14-15-16-20-21(17-10-6-2,18-11-7-3)19-12-8-4;1-5-9-10-11-12-13-14-15(6-2,7-3)8-4;1-5-8-11-14(4,12-9-6-2)13-10-7-3/h5-20H2,1-4H3;5-14H2,1-4H3;5-13H2,1-4H3/q3*+1. The number of hydrogen-bond acceptors (Lipinski definition) is 0. The maximum absolute atomic E-state index is 2.62. The first-order valence-electron chi connectivity index (χ1n) is 23.7. The van der Waals surface area contributed by atoms with E-state index in [2.05, 4.69) is 82.8 Å². The minimum absolute atomic E-state index is 0.494. The van der Waals surface area contributed by atoms with Gasteiger partial charge in [0.05, 0.1) is 67.8 Å². The number of rotatable bonds is 35. The summed E-state index contributed by atoms with van der Waals surface area (Å²) in [5.41, 5.74) is 0. The van der Waals surface area contributed by atoms with Gasteiger partial charge in [0.1, 0.15) is 0 Å². The molecule has 0 aliphatic carbocycles. The molecule has 0 rings (SSSR count). The van der Waals surface area contributed by atoms with Crippen LogP contribution in [-0.2, 0) is 0 Å². The highest BCUT2D eigenvalue weighted by Gasteiger charge is 2.34. The summed E-state index contributed by atoms with van der Waals surface area (Å²) in [6.45, 7) is 28.6. The molecule has 50 heavy (non-hydrogen) atoms. The first kappa shape index (κ1) is 55.6. The molecular formula is C47H106P3+3. The molecule has 0 atom stereocenters. The van der Waals surface area contributed by atoms with Crippen LogP contribution in [0.5, 0.6) is 0 Å². The minimum Gasteiger partial charge on any atom is -0.0654 e. The van der Waals surface area contributed by atoms with Gasteiger partial charge in [-0.3, -0.25) is 0 Å². The van der Waals surface area contributed by atoms with Gasteiger partial charge in [-0.2, -0.15) is 0 Å². The number of unbranched alkanes of at least 4 members (excludes halogenated alkanes) is 16. The van der Waals surface area contributed by atoms with Crippen LogP contribution in [0.2, 0.25) is 0 Å². The maximum atomic E-state index is 2.62. The molecule has 3 heteroatoms. The van der Waals surface area contributed by atoms with E-state index in [1.165, 1.54) is 173 Å². The molecule has 0 amide bonds. The maximum Gasteiger partial charge on any atom is 0.0594 e. The van der Waals surface area contributed by atoms with Crippen molar-refractivity contribution in [1.82, 2.24) is 0 Å². The van der Waals surface area contributed by atoms with Crippen molar-refractivity contribution in [3.8, 4) is 0 Å². The Hall–Kier alpha value is 1.29. The predicted molar refractivity (Wildman–Crippen MR) is 253 cm³/mol. The average molecular weight is 764 g/mol. The van der Waals surface area contributed by atoms with Gasteiger partial charge in [-0.05, 0) is 85.0 Å². The lowest BCUT2D eigenvalue weighted by atomic mass is 10.1. The van der Waals surface area contributed by atoms with E-state index in [0.717, 1.165) is 0 Å². The van der Waals surface area contributed by atoms with E-state index in [9.17, 15) is 0 Å². The van der Waals surface area contributed by atoms with Crippen LogP contribution in [0.3, 0.4) is 0 Å². The largest absolute Gasteiger partial charge is 0.0654 e. The Kier molecular flexibility index (Phi) is 46.1. The van der Waals surface area contributed by atoms with E-state index in [1.54, 1.807) is 49.3 Å². The Morgan fingerprint density at radius 1 is 0.220 bits per heavy atom. The zero-order valence-corrected chi connectivity index (χ0v) is 40.8. The highest BCUT2D eigenvalue weighted by atomic mass is 31.2. The fourth-order valence-electron chi connectivity index (χ4n) is 7.71. The van der Waals surface area contributed by atoms with Crippen molar-refractivity contribution >= 4 is 21.8 Å². The molecule has 0 heterocycles. The molecule has 0 radical (unpaired) electrons. The minimum atomic E-state index is -0.601. The lowest BCUT2D eigenvalue weighted by molar-refractivity contribution is 0.624. The fraction of sp³-hybridized carbons (Fsp3) is 1.00. The van der Waals surface area contributed by atoms with Gasteiger partial charge in [-0.1, -0.05) is 145 Å². The zero-order chi connectivity index (χ0) is 38.2. The van der Waals surface area contributed by atoms with Crippen LogP contribution in [0.4, 0.5) is 0 Å². The molecule has 0 saturated heterocycles. The normalized spacial score (nSPS) is 12.0. The molecule has 0 spiro atoms. The molecule has 0 N–H and O–H groups in total. The summed E-state index contributed by atoms with van der Waals surface area (Å²) in [6, 6.07) is 0. The zero-order valence-electron chi connectivity index (χ0n) is 38.1. The van der Waals surface area contributed by atoms with E-state index in [-0.39, 0.29) is 0 Å². The van der Waals surface area contributed by atoms with Crippen molar-refractivity contribution < 1.29 is 0 Å². The fourth-order valence-corrected chi connectivity index (χ4v) is 20.0. The van der Waals surface area contributed by atoms with Crippen molar-refractivity contribution in [1.29, 1.82) is 0 Å². The van der Waals surface area contributed by atoms with E-state index in [4.69, 9.17) is 0 Å². The quantitative estimate of drug-likeness (QED) is 0.0445. The Morgan fingerprint density at radius 2 is 0.440 bits per heavy atom. The summed E-state index contributed by atoms with van der Waals surface area (Å²) in [5, 5.41) is 0. The van der Waals surface area contributed by atoms with Crippen LogP contribution in [0.1, 0.15) is 230 Å². The topological polar surface area (TPSA) is 0 Å². The van der Waals surface area contributed by atoms with Crippen molar-refractivity contribution in [2.24, 2.45) is 0 Å². The third-order valence-electron chi connectivity index (χ3n) is 12.1. The Bertz CT molecular complexity index is 562. The Labute approximate surface area is 325 Å². The summed E-state index contributed by atoms with van der Waals surface area (Å²) in [7, 11) is -1.61. The molecule has 0 aromatic carbocycles. The second-order valence-corrected chi connectivity index (χ2v) is 30.8. The molecule has 0 saturated carbocycles. The van der Waals surface area contributed by atoms with E-state index >= 15 is 0 Å². The summed E-state index contributed by atoms with van der Waals surface area (Å²) in [5.74, 6) is 0. The van der Waals surface area contributed by atoms with Crippen molar-refractivity contribution in [3.63, 3.8) is 0 Å². The van der Waals surface area contributed by atoms with Crippen molar-refractivity contribution in [3.05, 3.63) is 0 Å². The van der Waals surface area contributed by atoms with Gasteiger partial charge in [0, 0.05) is 28.5 Å². The second kappa shape index (κ2) is 41.5. The summed E-state index contributed by atoms with van der Waals surface area (Å²) in [6.07, 6.45) is 52.0. The van der Waals surface area contributed by atoms with Gasteiger partial charge in [0.15, 0.2) is 0 Å². The molecule has 0 aliphatic heterocycles. The third-order valence-corrected chi connectivity index (χ3v) is 26.6. The molecule has 0 bridgehead atoms. The van der Waals surface area contributed by atoms with Crippen LogP contribution < -0.4 is 0 Å².